The SMILES string of the molecule is Cc1csc(Cc2noc(C(N)c3cccs3)n2)n1. The average Bonchev–Trinajstić information content (AvgIpc) is 3.10. The molecule has 0 spiro atoms. The molecule has 98 valence electrons. The Balaban J connectivity index is 1.76. The summed E-state index contributed by atoms with van der Waals surface area (Å²) in [5, 5.41) is 8.92. The fourth-order valence-corrected chi connectivity index (χ4v) is 3.16. The number of hydrogen-bond donors (Lipinski definition) is 1. The van der Waals surface area contributed by atoms with Gasteiger partial charge in [0.2, 0.25) is 5.89 Å². The maximum Gasteiger partial charge on any atom is 0.249 e. The molecular formula is C12H12N4OS2. The highest BCUT2D eigenvalue weighted by Gasteiger charge is 2.18. The Morgan fingerprint density at radius 3 is 2.95 bits per heavy atom. The number of thiazole rings is 1. The normalized spacial score (nSPS) is 12.7. The summed E-state index contributed by atoms with van der Waals surface area (Å²) >= 11 is 3.18. The van der Waals surface area contributed by atoms with Gasteiger partial charge < -0.3 is 10.3 Å². The van der Waals surface area contributed by atoms with Crippen LogP contribution in [0.5, 0.6) is 0 Å². The number of nitrogens with zero attached hydrogens (tertiary/aromatic N) is 3. The van der Waals surface area contributed by atoms with E-state index in [0.29, 0.717) is 18.1 Å². The molecule has 0 saturated carbocycles. The first-order valence-electron chi connectivity index (χ1n) is 5.75. The molecule has 19 heavy (non-hydrogen) atoms. The molecule has 3 aromatic rings. The standard InChI is InChI=1S/C12H12N4OS2/c1-7-6-19-10(14-7)5-9-15-12(17-16-9)11(13)8-3-2-4-18-8/h2-4,6,11H,5,13H2,1H3. The van der Waals surface area contributed by atoms with Crippen LogP contribution in [0.1, 0.15) is 33.3 Å². The van der Waals surface area contributed by atoms with E-state index in [4.69, 9.17) is 10.3 Å². The molecule has 0 aromatic carbocycles. The fraction of sp³-hybridized carbons (Fsp3) is 0.250. The van der Waals surface area contributed by atoms with E-state index in [1.165, 1.54) is 0 Å². The average molecular weight is 292 g/mol. The zero-order valence-corrected chi connectivity index (χ0v) is 11.9. The lowest BCUT2D eigenvalue weighted by atomic mass is 10.2. The van der Waals surface area contributed by atoms with Crippen molar-refractivity contribution < 1.29 is 4.52 Å². The minimum absolute atomic E-state index is 0.348. The van der Waals surface area contributed by atoms with Gasteiger partial charge in [-0.25, -0.2) is 4.98 Å². The summed E-state index contributed by atoms with van der Waals surface area (Å²) in [5.41, 5.74) is 7.09. The van der Waals surface area contributed by atoms with Crippen molar-refractivity contribution in [2.75, 3.05) is 0 Å². The lowest BCUT2D eigenvalue weighted by Gasteiger charge is -2.01. The summed E-state index contributed by atoms with van der Waals surface area (Å²) in [7, 11) is 0. The first kappa shape index (κ1) is 12.5. The van der Waals surface area contributed by atoms with E-state index in [1.807, 2.05) is 29.8 Å². The summed E-state index contributed by atoms with van der Waals surface area (Å²) in [6.07, 6.45) is 0.583. The Labute approximate surface area is 118 Å². The van der Waals surface area contributed by atoms with Crippen LogP contribution >= 0.6 is 22.7 Å². The van der Waals surface area contributed by atoms with Crippen molar-refractivity contribution in [2.24, 2.45) is 5.73 Å². The van der Waals surface area contributed by atoms with Crippen LogP contribution in [0.15, 0.2) is 27.4 Å². The summed E-state index contributed by atoms with van der Waals surface area (Å²) < 4.78 is 5.23. The molecule has 0 aliphatic heterocycles. The lowest BCUT2D eigenvalue weighted by Crippen LogP contribution is -2.10. The van der Waals surface area contributed by atoms with Gasteiger partial charge in [-0.05, 0) is 18.4 Å². The Morgan fingerprint density at radius 1 is 1.37 bits per heavy atom. The van der Waals surface area contributed by atoms with Crippen molar-refractivity contribution in [2.45, 2.75) is 19.4 Å². The largest absolute Gasteiger partial charge is 0.337 e. The number of aryl methyl sites for hydroxylation is 1. The highest BCUT2D eigenvalue weighted by Crippen LogP contribution is 2.23. The number of nitrogens with two attached hydrogens (primary N) is 1. The topological polar surface area (TPSA) is 77.8 Å². The first-order chi connectivity index (χ1) is 9.22. The van der Waals surface area contributed by atoms with Gasteiger partial charge in [0, 0.05) is 16.0 Å². The highest BCUT2D eigenvalue weighted by atomic mass is 32.1. The second-order valence-corrected chi connectivity index (χ2v) is 6.02. The Morgan fingerprint density at radius 2 is 2.26 bits per heavy atom. The van der Waals surface area contributed by atoms with Crippen molar-refractivity contribution >= 4 is 22.7 Å². The minimum atomic E-state index is -0.348. The van der Waals surface area contributed by atoms with Gasteiger partial charge >= 0.3 is 0 Å². The third-order valence-electron chi connectivity index (χ3n) is 2.58. The lowest BCUT2D eigenvalue weighted by molar-refractivity contribution is 0.364. The summed E-state index contributed by atoms with van der Waals surface area (Å²) in [6.45, 7) is 1.97. The maximum atomic E-state index is 6.07. The van der Waals surface area contributed by atoms with Gasteiger partial charge in [0.05, 0.1) is 6.42 Å². The van der Waals surface area contributed by atoms with E-state index >= 15 is 0 Å². The molecule has 7 heteroatoms. The van der Waals surface area contributed by atoms with Gasteiger partial charge in [-0.3, -0.25) is 0 Å². The second-order valence-electron chi connectivity index (χ2n) is 4.10. The second kappa shape index (κ2) is 5.20. The monoisotopic (exact) mass is 292 g/mol. The van der Waals surface area contributed by atoms with Crippen LogP contribution in [0.25, 0.3) is 0 Å². The molecule has 3 heterocycles. The predicted octanol–water partition coefficient (Wildman–Crippen LogP) is 2.53. The van der Waals surface area contributed by atoms with Gasteiger partial charge in [0.15, 0.2) is 5.82 Å². The van der Waals surface area contributed by atoms with Gasteiger partial charge in [-0.1, -0.05) is 11.2 Å². The third kappa shape index (κ3) is 2.73. The maximum absolute atomic E-state index is 6.07. The number of aromatic nitrogens is 3. The third-order valence-corrected chi connectivity index (χ3v) is 4.50. The molecule has 0 fully saturated rings. The molecular weight excluding hydrogens is 280 g/mol. The fourth-order valence-electron chi connectivity index (χ4n) is 1.67. The van der Waals surface area contributed by atoms with Crippen LogP contribution in [0, 0.1) is 6.92 Å². The number of hydrogen-bond acceptors (Lipinski definition) is 7. The van der Waals surface area contributed by atoms with Crippen molar-refractivity contribution in [3.63, 3.8) is 0 Å². The van der Waals surface area contributed by atoms with Crippen molar-refractivity contribution in [1.82, 2.24) is 15.1 Å². The summed E-state index contributed by atoms with van der Waals surface area (Å²) in [6, 6.07) is 3.57. The number of rotatable bonds is 4. The van der Waals surface area contributed by atoms with E-state index in [2.05, 4.69) is 15.1 Å². The quantitative estimate of drug-likeness (QED) is 0.799. The molecule has 0 radical (unpaired) electrons. The van der Waals surface area contributed by atoms with Gasteiger partial charge in [0.1, 0.15) is 11.0 Å². The van der Waals surface area contributed by atoms with Gasteiger partial charge in [-0.15, -0.1) is 22.7 Å². The molecule has 0 amide bonds. The predicted molar refractivity (Wildman–Crippen MR) is 74.3 cm³/mol. The Hall–Kier alpha value is -1.57. The molecule has 5 nitrogen and oxygen atoms in total. The van der Waals surface area contributed by atoms with E-state index < -0.39 is 0 Å². The van der Waals surface area contributed by atoms with Gasteiger partial charge in [-0.2, -0.15) is 4.98 Å². The minimum Gasteiger partial charge on any atom is -0.337 e. The molecule has 0 bridgehead atoms. The molecule has 3 rings (SSSR count). The zero-order valence-electron chi connectivity index (χ0n) is 10.2. The smallest absolute Gasteiger partial charge is 0.249 e. The number of thiophene rings is 1. The molecule has 0 aliphatic carbocycles. The van der Waals surface area contributed by atoms with E-state index in [0.717, 1.165) is 15.6 Å². The molecule has 1 atom stereocenters. The van der Waals surface area contributed by atoms with Crippen molar-refractivity contribution in [3.8, 4) is 0 Å². The van der Waals surface area contributed by atoms with Crippen molar-refractivity contribution in [3.05, 3.63) is 50.2 Å². The Kier molecular flexibility index (Phi) is 3.41. The van der Waals surface area contributed by atoms with E-state index in [-0.39, 0.29) is 6.04 Å². The summed E-state index contributed by atoms with van der Waals surface area (Å²) in [5.74, 6) is 1.07. The van der Waals surface area contributed by atoms with Crippen LogP contribution in [-0.2, 0) is 6.42 Å². The van der Waals surface area contributed by atoms with E-state index in [9.17, 15) is 0 Å². The molecule has 2 N–H and O–H groups in total. The molecule has 0 aliphatic rings. The zero-order chi connectivity index (χ0) is 13.2. The van der Waals surface area contributed by atoms with Crippen LogP contribution in [-0.4, -0.2) is 15.1 Å². The van der Waals surface area contributed by atoms with Crippen LogP contribution in [0.2, 0.25) is 0 Å². The summed E-state index contributed by atoms with van der Waals surface area (Å²) in [4.78, 5) is 9.73. The van der Waals surface area contributed by atoms with Crippen molar-refractivity contribution in [1.29, 1.82) is 0 Å². The Bertz CT molecular complexity index is 659. The van der Waals surface area contributed by atoms with E-state index in [1.54, 1.807) is 22.7 Å². The van der Waals surface area contributed by atoms with Gasteiger partial charge in [0.25, 0.3) is 0 Å². The molecule has 1 unspecified atom stereocenters. The van der Waals surface area contributed by atoms with Crippen LogP contribution in [0.3, 0.4) is 0 Å². The first-order valence-corrected chi connectivity index (χ1v) is 7.51. The molecule has 0 saturated heterocycles. The molecule has 3 aromatic heterocycles. The van der Waals surface area contributed by atoms with Crippen LogP contribution in [0.4, 0.5) is 0 Å². The highest BCUT2D eigenvalue weighted by molar-refractivity contribution is 7.10. The van der Waals surface area contributed by atoms with Crippen LogP contribution < -0.4 is 5.73 Å².